The number of H-pyrrole nitrogens is 1. The van der Waals surface area contributed by atoms with Crippen LogP contribution in [0.1, 0.15) is 61.3 Å². The number of aromatic nitrogens is 3. The third-order valence-electron chi connectivity index (χ3n) is 4.67. The summed E-state index contributed by atoms with van der Waals surface area (Å²) in [6.45, 7) is 9.13. The number of pyridine rings is 1. The Bertz CT molecular complexity index is 728. The van der Waals surface area contributed by atoms with Gasteiger partial charge in [0.15, 0.2) is 5.43 Å². The largest absolute Gasteiger partial charge is 0.362 e. The average molecular weight is 326 g/mol. The number of aromatic amines is 1. The van der Waals surface area contributed by atoms with E-state index in [1.165, 1.54) is 5.56 Å². The van der Waals surface area contributed by atoms with Gasteiger partial charge in [-0.05, 0) is 32.9 Å². The third kappa shape index (κ3) is 4.09. The molecule has 1 saturated heterocycles. The Morgan fingerprint density at radius 3 is 2.46 bits per heavy atom. The summed E-state index contributed by atoms with van der Waals surface area (Å²) in [6, 6.07) is 3.41. The lowest BCUT2D eigenvalue weighted by Gasteiger charge is -2.32. The first-order chi connectivity index (χ1) is 11.5. The van der Waals surface area contributed by atoms with E-state index in [-0.39, 0.29) is 5.43 Å². The van der Waals surface area contributed by atoms with E-state index in [1.54, 1.807) is 12.1 Å². The fourth-order valence-corrected chi connectivity index (χ4v) is 3.33. The smallest absolute Gasteiger partial charge is 0.182 e. The molecule has 3 rings (SSSR count). The van der Waals surface area contributed by atoms with Crippen LogP contribution in [0.2, 0.25) is 0 Å². The summed E-state index contributed by atoms with van der Waals surface area (Å²) in [5, 5.41) is 0. The van der Waals surface area contributed by atoms with Gasteiger partial charge in [0.05, 0.1) is 0 Å². The number of nitrogens with one attached hydrogen (secondary N) is 1. The molecule has 0 amide bonds. The van der Waals surface area contributed by atoms with Crippen molar-refractivity contribution in [3.05, 3.63) is 57.5 Å². The lowest BCUT2D eigenvalue weighted by Crippen LogP contribution is -2.33. The molecule has 1 aliphatic rings. The summed E-state index contributed by atoms with van der Waals surface area (Å²) < 4.78 is 0. The standard InChI is InChI=1S/C19H26N4O/c1-13(2)19-20-10-15(11-21-19)12-23-6-4-16(5-7-23)18-9-17(24)8-14(3)22-18/h8-11,13,16H,4-7,12H2,1-3H3,(H,22,24). The molecule has 0 radical (unpaired) electrons. The van der Waals surface area contributed by atoms with Crippen molar-refractivity contribution >= 4 is 0 Å². The molecule has 0 spiro atoms. The van der Waals surface area contributed by atoms with Crippen LogP contribution in [0.5, 0.6) is 0 Å². The highest BCUT2D eigenvalue weighted by Gasteiger charge is 2.21. The Hall–Kier alpha value is -2.01. The number of hydrogen-bond acceptors (Lipinski definition) is 4. The van der Waals surface area contributed by atoms with Gasteiger partial charge >= 0.3 is 0 Å². The van der Waals surface area contributed by atoms with Gasteiger partial charge < -0.3 is 4.98 Å². The van der Waals surface area contributed by atoms with E-state index in [2.05, 4.69) is 33.7 Å². The van der Waals surface area contributed by atoms with Gasteiger partial charge in [0.1, 0.15) is 5.82 Å². The van der Waals surface area contributed by atoms with E-state index < -0.39 is 0 Å². The lowest BCUT2D eigenvalue weighted by atomic mass is 9.92. The molecule has 3 heterocycles. The quantitative estimate of drug-likeness (QED) is 0.938. The van der Waals surface area contributed by atoms with Gasteiger partial charge in [-0.15, -0.1) is 0 Å². The molecule has 2 aromatic rings. The maximum Gasteiger partial charge on any atom is 0.182 e. The summed E-state index contributed by atoms with van der Waals surface area (Å²) in [5.74, 6) is 1.72. The summed E-state index contributed by atoms with van der Waals surface area (Å²) in [7, 11) is 0. The molecule has 1 aliphatic heterocycles. The van der Waals surface area contributed by atoms with Crippen molar-refractivity contribution in [1.29, 1.82) is 0 Å². The predicted molar refractivity (Wildman–Crippen MR) is 95.2 cm³/mol. The Kier molecular flexibility index (Phi) is 5.09. The van der Waals surface area contributed by atoms with E-state index in [0.29, 0.717) is 11.8 Å². The van der Waals surface area contributed by atoms with Crippen molar-refractivity contribution in [3.8, 4) is 0 Å². The molecule has 0 unspecified atom stereocenters. The predicted octanol–water partition coefficient (Wildman–Crippen LogP) is 2.98. The molecule has 0 bridgehead atoms. The van der Waals surface area contributed by atoms with Gasteiger partial charge in [-0.25, -0.2) is 9.97 Å². The number of rotatable bonds is 4. The number of nitrogens with zero attached hydrogens (tertiary/aromatic N) is 3. The first-order valence-electron chi connectivity index (χ1n) is 8.75. The van der Waals surface area contributed by atoms with E-state index >= 15 is 0 Å². The normalized spacial score (nSPS) is 16.7. The van der Waals surface area contributed by atoms with Crippen molar-refractivity contribution in [2.75, 3.05) is 13.1 Å². The lowest BCUT2D eigenvalue weighted by molar-refractivity contribution is 0.203. The molecule has 5 nitrogen and oxygen atoms in total. The SMILES string of the molecule is Cc1cc(=O)cc(C2CCN(Cc3cnc(C(C)C)nc3)CC2)[nH]1. The maximum atomic E-state index is 11.7. The molecular weight excluding hydrogens is 300 g/mol. The number of piperidine rings is 1. The molecule has 1 N–H and O–H groups in total. The Morgan fingerprint density at radius 2 is 1.88 bits per heavy atom. The summed E-state index contributed by atoms with van der Waals surface area (Å²) in [5.41, 5.74) is 3.31. The molecule has 0 aromatic carbocycles. The molecule has 24 heavy (non-hydrogen) atoms. The first kappa shape index (κ1) is 16.8. The van der Waals surface area contributed by atoms with Gasteiger partial charge in [-0.1, -0.05) is 13.8 Å². The summed E-state index contributed by atoms with van der Waals surface area (Å²) in [6.07, 6.45) is 6.05. The van der Waals surface area contributed by atoms with Crippen molar-refractivity contribution in [2.45, 2.75) is 52.0 Å². The Labute approximate surface area is 143 Å². The fourth-order valence-electron chi connectivity index (χ4n) is 3.33. The number of likely N-dealkylation sites (tertiary alicyclic amines) is 1. The minimum Gasteiger partial charge on any atom is -0.362 e. The van der Waals surface area contributed by atoms with Crippen LogP contribution in [-0.2, 0) is 6.54 Å². The molecule has 128 valence electrons. The molecule has 0 atom stereocenters. The van der Waals surface area contributed by atoms with Crippen molar-refractivity contribution in [2.24, 2.45) is 0 Å². The van der Waals surface area contributed by atoms with Crippen molar-refractivity contribution in [3.63, 3.8) is 0 Å². The minimum absolute atomic E-state index is 0.103. The van der Waals surface area contributed by atoms with Gasteiger partial charge in [0, 0.05) is 59.9 Å². The van der Waals surface area contributed by atoms with E-state index in [0.717, 1.165) is 49.7 Å². The van der Waals surface area contributed by atoms with Gasteiger partial charge in [-0.3, -0.25) is 9.69 Å². The van der Waals surface area contributed by atoms with Gasteiger partial charge in [0.2, 0.25) is 0 Å². The monoisotopic (exact) mass is 326 g/mol. The first-order valence-corrected chi connectivity index (χ1v) is 8.75. The van der Waals surface area contributed by atoms with Crippen molar-refractivity contribution in [1.82, 2.24) is 19.9 Å². The van der Waals surface area contributed by atoms with Gasteiger partial charge in [0.25, 0.3) is 0 Å². The average Bonchev–Trinajstić information content (AvgIpc) is 2.55. The van der Waals surface area contributed by atoms with Crippen LogP contribution in [0.25, 0.3) is 0 Å². The highest BCUT2D eigenvalue weighted by molar-refractivity contribution is 5.15. The molecule has 1 fully saturated rings. The number of aryl methyl sites for hydroxylation is 1. The zero-order chi connectivity index (χ0) is 17.1. The highest BCUT2D eigenvalue weighted by Crippen LogP contribution is 2.26. The third-order valence-corrected chi connectivity index (χ3v) is 4.67. The highest BCUT2D eigenvalue weighted by atomic mass is 16.1. The molecule has 0 saturated carbocycles. The van der Waals surface area contributed by atoms with Crippen LogP contribution < -0.4 is 5.43 Å². The second-order valence-corrected chi connectivity index (χ2v) is 7.11. The van der Waals surface area contributed by atoms with Crippen LogP contribution in [0.4, 0.5) is 0 Å². The van der Waals surface area contributed by atoms with Crippen LogP contribution in [0.15, 0.2) is 29.3 Å². The van der Waals surface area contributed by atoms with Gasteiger partial charge in [-0.2, -0.15) is 0 Å². The summed E-state index contributed by atoms with van der Waals surface area (Å²) in [4.78, 5) is 26.4. The second-order valence-electron chi connectivity index (χ2n) is 7.11. The van der Waals surface area contributed by atoms with Crippen LogP contribution in [-0.4, -0.2) is 32.9 Å². The van der Waals surface area contributed by atoms with Crippen LogP contribution in [0, 0.1) is 6.92 Å². The van der Waals surface area contributed by atoms with Crippen molar-refractivity contribution < 1.29 is 0 Å². The van der Waals surface area contributed by atoms with E-state index in [4.69, 9.17) is 0 Å². The molecule has 0 aliphatic carbocycles. The Morgan fingerprint density at radius 1 is 1.21 bits per heavy atom. The number of hydrogen-bond donors (Lipinski definition) is 1. The zero-order valence-electron chi connectivity index (χ0n) is 14.7. The van der Waals surface area contributed by atoms with Crippen LogP contribution in [0.3, 0.4) is 0 Å². The van der Waals surface area contributed by atoms with E-state index in [9.17, 15) is 4.79 Å². The van der Waals surface area contributed by atoms with Crippen LogP contribution >= 0.6 is 0 Å². The molecular formula is C19H26N4O. The topological polar surface area (TPSA) is 61.9 Å². The Balaban J connectivity index is 1.57. The fraction of sp³-hybridized carbons (Fsp3) is 0.526. The minimum atomic E-state index is 0.103. The van der Waals surface area contributed by atoms with E-state index in [1.807, 2.05) is 19.3 Å². The maximum absolute atomic E-state index is 11.7. The molecule has 2 aromatic heterocycles. The second kappa shape index (κ2) is 7.26. The summed E-state index contributed by atoms with van der Waals surface area (Å²) >= 11 is 0. The zero-order valence-corrected chi connectivity index (χ0v) is 14.7. The molecule has 5 heteroatoms.